The Labute approximate surface area is 186 Å². The number of benzene rings is 1. The van der Waals surface area contributed by atoms with Crippen molar-refractivity contribution >= 4 is 56.8 Å². The van der Waals surface area contributed by atoms with Gasteiger partial charge in [-0.1, -0.05) is 6.07 Å². The van der Waals surface area contributed by atoms with Gasteiger partial charge >= 0.3 is 6.18 Å². The van der Waals surface area contributed by atoms with Gasteiger partial charge in [0.15, 0.2) is 0 Å². The summed E-state index contributed by atoms with van der Waals surface area (Å²) >= 11 is 3.89. The Balaban J connectivity index is 1.62. The predicted molar refractivity (Wildman–Crippen MR) is 116 cm³/mol. The van der Waals surface area contributed by atoms with E-state index in [1.165, 1.54) is 6.07 Å². The number of nitrogens with zero attached hydrogens (tertiary/aromatic N) is 3. The van der Waals surface area contributed by atoms with Crippen LogP contribution in [0, 0.1) is 7.14 Å². The lowest BCUT2D eigenvalue weighted by atomic mass is 10.1. The summed E-state index contributed by atoms with van der Waals surface area (Å²) in [5.74, 6) is -0.0843. The first kappa shape index (κ1) is 21.4. The molecular weight excluding hydrogens is 601 g/mol. The molecule has 1 saturated heterocycles. The molecule has 2 aromatic rings. The zero-order valence-electron chi connectivity index (χ0n) is 14.5. The van der Waals surface area contributed by atoms with Gasteiger partial charge in [0.1, 0.15) is 6.54 Å². The normalized spacial score (nSPS) is 15.0. The number of hydrogen-bond donors (Lipinski definition) is 0. The Morgan fingerprint density at radius 1 is 1.04 bits per heavy atom. The van der Waals surface area contributed by atoms with E-state index in [2.05, 4.69) is 0 Å². The Bertz CT molecular complexity index is 912. The largest absolute Gasteiger partial charge is 0.416 e. The highest BCUT2D eigenvalue weighted by Gasteiger charge is 2.31. The summed E-state index contributed by atoms with van der Waals surface area (Å²) in [6.07, 6.45) is -1.09. The molecule has 150 valence electrons. The van der Waals surface area contributed by atoms with E-state index in [1.807, 2.05) is 50.1 Å². The van der Waals surface area contributed by atoms with Crippen LogP contribution in [0.25, 0.3) is 0 Å². The van der Waals surface area contributed by atoms with Crippen molar-refractivity contribution in [3.63, 3.8) is 0 Å². The van der Waals surface area contributed by atoms with Gasteiger partial charge in [-0.15, -0.1) is 0 Å². The maximum Gasteiger partial charge on any atom is 0.416 e. The fourth-order valence-electron chi connectivity index (χ4n) is 3.00. The van der Waals surface area contributed by atoms with Crippen LogP contribution >= 0.6 is 45.2 Å². The van der Waals surface area contributed by atoms with E-state index in [0.717, 1.165) is 12.1 Å². The molecule has 3 rings (SSSR count). The molecule has 0 radical (unpaired) electrons. The van der Waals surface area contributed by atoms with Gasteiger partial charge in [-0.3, -0.25) is 9.59 Å². The third-order valence-corrected chi connectivity index (χ3v) is 6.02. The molecule has 0 N–H and O–H groups in total. The van der Waals surface area contributed by atoms with Crippen LogP contribution in [0.15, 0.2) is 41.5 Å². The lowest BCUT2D eigenvalue weighted by Gasteiger charge is -2.36. The minimum absolute atomic E-state index is 0.0559. The fraction of sp³-hybridized carbons (Fsp3) is 0.333. The standard InChI is InChI=1S/C18H16F3I2N3O2/c19-18(20,21)12-2-1-3-13(8-12)25-4-6-26(7-5-25)16(27)11-24-9-14(22)17(28)15(23)10-24/h1-3,8-10H,4-7,11H2. The first-order chi connectivity index (χ1) is 13.1. The summed E-state index contributed by atoms with van der Waals surface area (Å²) in [5.41, 5.74) is -0.225. The molecular formula is C18H16F3I2N3O2. The molecule has 0 spiro atoms. The van der Waals surface area contributed by atoms with Gasteiger partial charge in [0.05, 0.1) is 12.7 Å². The monoisotopic (exact) mass is 617 g/mol. The van der Waals surface area contributed by atoms with Crippen LogP contribution in [0.4, 0.5) is 18.9 Å². The van der Waals surface area contributed by atoms with Crippen LogP contribution in [0.1, 0.15) is 5.56 Å². The molecule has 5 nitrogen and oxygen atoms in total. The minimum atomic E-state index is -4.38. The Kier molecular flexibility index (Phi) is 6.57. The number of piperazine rings is 1. The molecule has 1 fully saturated rings. The highest BCUT2D eigenvalue weighted by atomic mass is 127. The first-order valence-electron chi connectivity index (χ1n) is 8.40. The molecule has 0 saturated carbocycles. The quantitative estimate of drug-likeness (QED) is 0.497. The fourth-order valence-corrected chi connectivity index (χ4v) is 4.81. The summed E-state index contributed by atoms with van der Waals surface area (Å²) in [7, 11) is 0. The third kappa shape index (κ3) is 4.99. The Morgan fingerprint density at radius 2 is 1.64 bits per heavy atom. The first-order valence-corrected chi connectivity index (χ1v) is 10.6. The van der Waals surface area contributed by atoms with Crippen molar-refractivity contribution in [1.82, 2.24) is 9.47 Å². The van der Waals surface area contributed by atoms with Crippen LogP contribution in [0.2, 0.25) is 0 Å². The van der Waals surface area contributed by atoms with Gasteiger partial charge in [0.2, 0.25) is 11.3 Å². The lowest BCUT2D eigenvalue weighted by molar-refractivity contribution is -0.137. The number of amides is 1. The topological polar surface area (TPSA) is 45.6 Å². The van der Waals surface area contributed by atoms with Crippen molar-refractivity contribution < 1.29 is 18.0 Å². The Morgan fingerprint density at radius 3 is 2.21 bits per heavy atom. The summed E-state index contributed by atoms with van der Waals surface area (Å²) in [6.45, 7) is 1.92. The van der Waals surface area contributed by atoms with Crippen molar-refractivity contribution in [3.05, 3.63) is 59.6 Å². The second kappa shape index (κ2) is 8.59. The van der Waals surface area contributed by atoms with Crippen molar-refractivity contribution in [2.75, 3.05) is 31.1 Å². The number of carbonyl (C=O) groups is 1. The SMILES string of the molecule is O=C(Cn1cc(I)c(=O)c(I)c1)N1CCN(c2cccc(C(F)(F)F)c2)CC1. The number of anilines is 1. The summed E-state index contributed by atoms with van der Waals surface area (Å²) in [6, 6.07) is 5.24. The number of carbonyl (C=O) groups excluding carboxylic acids is 1. The van der Waals surface area contributed by atoms with Gasteiger partial charge in [-0.05, 0) is 63.4 Å². The number of rotatable bonds is 3. The zero-order valence-corrected chi connectivity index (χ0v) is 18.9. The van der Waals surface area contributed by atoms with Crippen molar-refractivity contribution in [1.29, 1.82) is 0 Å². The molecule has 0 aliphatic carbocycles. The van der Waals surface area contributed by atoms with Crippen LogP contribution in [0.3, 0.4) is 0 Å². The van der Waals surface area contributed by atoms with E-state index in [4.69, 9.17) is 0 Å². The molecule has 10 heteroatoms. The predicted octanol–water partition coefficient (Wildman–Crippen LogP) is 3.43. The summed E-state index contributed by atoms with van der Waals surface area (Å²) < 4.78 is 41.5. The van der Waals surface area contributed by atoms with E-state index in [9.17, 15) is 22.8 Å². The molecule has 0 bridgehead atoms. The van der Waals surface area contributed by atoms with Crippen molar-refractivity contribution in [3.8, 4) is 0 Å². The van der Waals surface area contributed by atoms with E-state index in [1.54, 1.807) is 27.9 Å². The van der Waals surface area contributed by atoms with Crippen LogP contribution in [-0.4, -0.2) is 41.6 Å². The minimum Gasteiger partial charge on any atom is -0.368 e. The maximum atomic E-state index is 12.9. The average Bonchev–Trinajstić information content (AvgIpc) is 2.65. The van der Waals surface area contributed by atoms with E-state index >= 15 is 0 Å². The smallest absolute Gasteiger partial charge is 0.368 e. The van der Waals surface area contributed by atoms with E-state index in [-0.39, 0.29) is 17.9 Å². The number of pyridine rings is 1. The summed E-state index contributed by atoms with van der Waals surface area (Å²) in [5, 5.41) is 0. The molecule has 2 heterocycles. The molecule has 1 aromatic carbocycles. The molecule has 1 aliphatic rings. The number of hydrogen-bond acceptors (Lipinski definition) is 3. The highest BCUT2D eigenvalue weighted by Crippen LogP contribution is 2.31. The maximum absolute atomic E-state index is 12.9. The van der Waals surface area contributed by atoms with Crippen LogP contribution in [-0.2, 0) is 17.5 Å². The second-order valence-corrected chi connectivity index (χ2v) is 8.70. The number of halogens is 5. The highest BCUT2D eigenvalue weighted by molar-refractivity contribution is 14.1. The van der Waals surface area contributed by atoms with Gasteiger partial charge in [-0.2, -0.15) is 13.2 Å². The van der Waals surface area contributed by atoms with Gasteiger partial charge in [0.25, 0.3) is 0 Å². The summed E-state index contributed by atoms with van der Waals surface area (Å²) in [4.78, 5) is 27.9. The molecule has 0 unspecified atom stereocenters. The van der Waals surface area contributed by atoms with Crippen molar-refractivity contribution in [2.45, 2.75) is 12.7 Å². The number of aromatic nitrogens is 1. The molecule has 1 aliphatic heterocycles. The zero-order chi connectivity index (χ0) is 20.5. The Hall–Kier alpha value is -1.31. The molecule has 0 atom stereocenters. The molecule has 1 amide bonds. The van der Waals surface area contributed by atoms with Gasteiger partial charge < -0.3 is 14.4 Å². The second-order valence-electron chi connectivity index (χ2n) is 6.37. The van der Waals surface area contributed by atoms with E-state index in [0.29, 0.717) is 39.0 Å². The van der Waals surface area contributed by atoms with Gasteiger partial charge in [0, 0.05) is 44.3 Å². The van der Waals surface area contributed by atoms with Crippen LogP contribution < -0.4 is 10.3 Å². The average molecular weight is 617 g/mol. The molecule has 28 heavy (non-hydrogen) atoms. The van der Waals surface area contributed by atoms with Crippen molar-refractivity contribution in [2.24, 2.45) is 0 Å². The lowest BCUT2D eigenvalue weighted by Crippen LogP contribution is -2.49. The van der Waals surface area contributed by atoms with E-state index < -0.39 is 11.7 Å². The van der Waals surface area contributed by atoms with Gasteiger partial charge in [-0.25, -0.2) is 0 Å². The number of alkyl halides is 3. The van der Waals surface area contributed by atoms with Crippen LogP contribution in [0.5, 0.6) is 0 Å². The third-order valence-electron chi connectivity index (χ3n) is 4.48. The molecule has 1 aromatic heterocycles.